The third-order valence-electron chi connectivity index (χ3n) is 3.36. The van der Waals surface area contributed by atoms with Gasteiger partial charge in [-0.1, -0.05) is 36.4 Å². The highest BCUT2D eigenvalue weighted by Crippen LogP contribution is 2.32. The fourth-order valence-electron chi connectivity index (χ4n) is 2.16. The number of alkyl halides is 3. The first-order valence-corrected chi connectivity index (χ1v) is 7.29. The molecule has 0 saturated carbocycles. The minimum absolute atomic E-state index is 0.0448. The molecule has 0 aliphatic heterocycles. The second-order valence-electron chi connectivity index (χ2n) is 5.16. The Bertz CT molecular complexity index is 697. The fourth-order valence-corrected chi connectivity index (χ4v) is 2.16. The molecule has 0 aliphatic carbocycles. The lowest BCUT2D eigenvalue weighted by Gasteiger charge is -2.12. The molecule has 0 aliphatic rings. The monoisotopic (exact) mass is 339 g/mol. The van der Waals surface area contributed by atoms with Gasteiger partial charge in [-0.25, -0.2) is 9.38 Å². The molecule has 0 radical (unpaired) electrons. The Morgan fingerprint density at radius 2 is 1.79 bits per heavy atom. The van der Waals surface area contributed by atoms with Crippen LogP contribution in [-0.2, 0) is 19.1 Å². The van der Waals surface area contributed by atoms with Crippen LogP contribution in [0.3, 0.4) is 0 Å². The van der Waals surface area contributed by atoms with E-state index in [2.05, 4.69) is 10.3 Å². The SMILES string of the molecule is NC(=NCc1ccc(F)cc1C(F)(F)F)NCCc1ccccc1. The molecule has 0 spiro atoms. The molecule has 3 N–H and O–H groups in total. The molecule has 2 aromatic rings. The van der Waals surface area contributed by atoms with E-state index in [1.54, 1.807) is 0 Å². The van der Waals surface area contributed by atoms with Gasteiger partial charge in [0.25, 0.3) is 0 Å². The van der Waals surface area contributed by atoms with Crippen molar-refractivity contribution in [2.24, 2.45) is 10.7 Å². The first-order valence-electron chi connectivity index (χ1n) is 7.29. The van der Waals surface area contributed by atoms with Gasteiger partial charge in [0, 0.05) is 6.54 Å². The topological polar surface area (TPSA) is 50.4 Å². The number of hydrogen-bond donors (Lipinski definition) is 2. The van der Waals surface area contributed by atoms with Gasteiger partial charge in [0.15, 0.2) is 5.96 Å². The number of benzene rings is 2. The van der Waals surface area contributed by atoms with Crippen molar-refractivity contribution in [2.75, 3.05) is 6.54 Å². The molecule has 128 valence electrons. The highest BCUT2D eigenvalue weighted by molar-refractivity contribution is 5.77. The largest absolute Gasteiger partial charge is 0.416 e. The number of nitrogens with one attached hydrogen (secondary N) is 1. The van der Waals surface area contributed by atoms with Crippen LogP contribution in [-0.4, -0.2) is 12.5 Å². The molecule has 0 amide bonds. The predicted octanol–water partition coefficient (Wildman–Crippen LogP) is 3.49. The third kappa shape index (κ3) is 5.26. The number of nitrogens with zero attached hydrogens (tertiary/aromatic N) is 1. The van der Waals surface area contributed by atoms with Crippen molar-refractivity contribution in [3.8, 4) is 0 Å². The number of rotatable bonds is 5. The Balaban J connectivity index is 1.95. The smallest absolute Gasteiger partial charge is 0.370 e. The molecule has 3 nitrogen and oxygen atoms in total. The summed E-state index contributed by atoms with van der Waals surface area (Å²) >= 11 is 0. The number of nitrogens with two attached hydrogens (primary N) is 1. The standard InChI is InChI=1S/C17H17F4N3/c18-14-7-6-13(15(10-14)17(19,20)21)11-24-16(22)23-9-8-12-4-2-1-3-5-12/h1-7,10H,8-9,11H2,(H3,22,23,24). The van der Waals surface area contributed by atoms with E-state index in [4.69, 9.17) is 5.73 Å². The number of aliphatic imine (C=N–C) groups is 1. The second kappa shape index (κ2) is 7.81. The Labute approximate surface area is 137 Å². The Morgan fingerprint density at radius 1 is 1.08 bits per heavy atom. The van der Waals surface area contributed by atoms with Crippen molar-refractivity contribution in [1.29, 1.82) is 0 Å². The first kappa shape index (κ1) is 17.8. The van der Waals surface area contributed by atoms with E-state index in [9.17, 15) is 17.6 Å². The average Bonchev–Trinajstić information content (AvgIpc) is 2.54. The zero-order valence-corrected chi connectivity index (χ0v) is 12.8. The predicted molar refractivity (Wildman–Crippen MR) is 84.9 cm³/mol. The van der Waals surface area contributed by atoms with Crippen LogP contribution in [0.5, 0.6) is 0 Å². The summed E-state index contributed by atoms with van der Waals surface area (Å²) in [5.41, 5.74) is 5.60. The average molecular weight is 339 g/mol. The summed E-state index contributed by atoms with van der Waals surface area (Å²) in [6.45, 7) is 0.230. The van der Waals surface area contributed by atoms with Crippen LogP contribution in [0.15, 0.2) is 53.5 Å². The summed E-state index contributed by atoms with van der Waals surface area (Å²) in [6, 6.07) is 12.2. The maximum atomic E-state index is 13.0. The Morgan fingerprint density at radius 3 is 2.46 bits per heavy atom. The van der Waals surface area contributed by atoms with Crippen LogP contribution in [0.25, 0.3) is 0 Å². The minimum atomic E-state index is -4.64. The van der Waals surface area contributed by atoms with Crippen molar-refractivity contribution in [1.82, 2.24) is 5.32 Å². The van der Waals surface area contributed by atoms with Gasteiger partial charge >= 0.3 is 6.18 Å². The van der Waals surface area contributed by atoms with Crippen LogP contribution < -0.4 is 11.1 Å². The van der Waals surface area contributed by atoms with E-state index in [1.807, 2.05) is 30.3 Å². The molecule has 0 heterocycles. The summed E-state index contributed by atoms with van der Waals surface area (Å²) < 4.78 is 51.7. The van der Waals surface area contributed by atoms with Gasteiger partial charge in [-0.05, 0) is 29.7 Å². The summed E-state index contributed by atoms with van der Waals surface area (Å²) in [5.74, 6) is -0.896. The molecular formula is C17H17F4N3. The molecule has 24 heavy (non-hydrogen) atoms. The molecule has 0 atom stereocenters. The van der Waals surface area contributed by atoms with Crippen molar-refractivity contribution in [3.63, 3.8) is 0 Å². The zero-order chi connectivity index (χ0) is 17.6. The summed E-state index contributed by atoms with van der Waals surface area (Å²) in [4.78, 5) is 3.89. The van der Waals surface area contributed by atoms with Crippen LogP contribution in [0.1, 0.15) is 16.7 Å². The zero-order valence-electron chi connectivity index (χ0n) is 12.8. The fraction of sp³-hybridized carbons (Fsp3) is 0.235. The lowest BCUT2D eigenvalue weighted by atomic mass is 10.1. The maximum Gasteiger partial charge on any atom is 0.416 e. The van der Waals surface area contributed by atoms with Gasteiger partial charge in [0.05, 0.1) is 12.1 Å². The lowest BCUT2D eigenvalue weighted by Crippen LogP contribution is -2.33. The Kier molecular flexibility index (Phi) is 5.78. The molecule has 0 bridgehead atoms. The van der Waals surface area contributed by atoms with Crippen molar-refractivity contribution < 1.29 is 17.6 Å². The van der Waals surface area contributed by atoms with E-state index in [1.165, 1.54) is 0 Å². The number of guanidine groups is 1. The van der Waals surface area contributed by atoms with Gasteiger partial charge in [-0.15, -0.1) is 0 Å². The lowest BCUT2D eigenvalue weighted by molar-refractivity contribution is -0.138. The maximum absolute atomic E-state index is 13.0. The first-order chi connectivity index (χ1) is 11.4. The van der Waals surface area contributed by atoms with E-state index < -0.39 is 17.6 Å². The second-order valence-corrected chi connectivity index (χ2v) is 5.16. The van der Waals surface area contributed by atoms with Gasteiger partial charge in [-0.2, -0.15) is 13.2 Å². The van der Waals surface area contributed by atoms with Crippen molar-refractivity contribution in [3.05, 3.63) is 71.0 Å². The highest BCUT2D eigenvalue weighted by atomic mass is 19.4. The van der Waals surface area contributed by atoms with Crippen molar-refractivity contribution >= 4 is 5.96 Å². The third-order valence-corrected chi connectivity index (χ3v) is 3.36. The molecule has 2 rings (SSSR count). The molecule has 0 fully saturated rings. The van der Waals surface area contributed by atoms with Gasteiger partial charge in [0.2, 0.25) is 0 Å². The van der Waals surface area contributed by atoms with Crippen LogP contribution in [0.2, 0.25) is 0 Å². The normalized spacial score (nSPS) is 12.2. The van der Waals surface area contributed by atoms with Crippen LogP contribution in [0, 0.1) is 5.82 Å². The summed E-state index contributed by atoms with van der Waals surface area (Å²) in [5, 5.41) is 2.84. The quantitative estimate of drug-likeness (QED) is 0.498. The van der Waals surface area contributed by atoms with Gasteiger partial charge in [0.1, 0.15) is 5.82 Å². The molecule has 0 aromatic heterocycles. The van der Waals surface area contributed by atoms with Gasteiger partial charge < -0.3 is 11.1 Å². The van der Waals surface area contributed by atoms with Crippen LogP contribution >= 0.6 is 0 Å². The number of halogens is 4. The van der Waals surface area contributed by atoms with E-state index >= 15 is 0 Å². The summed E-state index contributed by atoms with van der Waals surface area (Å²) in [6.07, 6.45) is -3.93. The summed E-state index contributed by atoms with van der Waals surface area (Å²) in [7, 11) is 0. The minimum Gasteiger partial charge on any atom is -0.370 e. The van der Waals surface area contributed by atoms with Crippen molar-refractivity contribution in [2.45, 2.75) is 19.1 Å². The molecule has 0 saturated heterocycles. The molecule has 7 heteroatoms. The molecule has 0 unspecified atom stereocenters. The molecular weight excluding hydrogens is 322 g/mol. The Hall–Kier alpha value is -2.57. The van der Waals surface area contributed by atoms with E-state index in [0.29, 0.717) is 19.0 Å². The van der Waals surface area contributed by atoms with E-state index in [0.717, 1.165) is 17.7 Å². The van der Waals surface area contributed by atoms with Crippen LogP contribution in [0.4, 0.5) is 17.6 Å². The van der Waals surface area contributed by atoms with Gasteiger partial charge in [-0.3, -0.25) is 0 Å². The number of hydrogen-bond acceptors (Lipinski definition) is 1. The highest BCUT2D eigenvalue weighted by Gasteiger charge is 2.33. The molecule has 2 aromatic carbocycles. The van der Waals surface area contributed by atoms with E-state index in [-0.39, 0.29) is 18.1 Å².